The zero-order valence-corrected chi connectivity index (χ0v) is 16.3. The predicted molar refractivity (Wildman–Crippen MR) is 106 cm³/mol. The molecular weight excluding hydrogens is 420 g/mol. The second-order valence-corrected chi connectivity index (χ2v) is 6.45. The van der Waals surface area contributed by atoms with E-state index in [1.165, 1.54) is 13.3 Å². The Balaban J connectivity index is 2.01. The quantitative estimate of drug-likeness (QED) is 0.409. The van der Waals surface area contributed by atoms with Gasteiger partial charge in [0.05, 0.1) is 24.8 Å². The molecule has 2 rings (SSSR count). The zero-order chi connectivity index (χ0) is 18.9. The number of terminal acetylenes is 1. The molecule has 0 aliphatic heterocycles. The standard InChI is InChI=1S/C19H16BrClN2O3/c1-3-8-26-19-16(21)9-14(10-17(19)25-2)12-22-23-18(24)11-13-4-6-15(20)7-5-13/h1,4-7,9-10,12H,8,11H2,2H3,(H,23,24)/b22-12-. The van der Waals surface area contributed by atoms with Crippen LogP contribution in [-0.4, -0.2) is 25.8 Å². The summed E-state index contributed by atoms with van der Waals surface area (Å²) in [5.74, 6) is 2.93. The lowest BCUT2D eigenvalue weighted by molar-refractivity contribution is -0.120. The van der Waals surface area contributed by atoms with Crippen LogP contribution in [0.5, 0.6) is 11.5 Å². The average Bonchev–Trinajstić information content (AvgIpc) is 2.62. The number of hydrazone groups is 1. The zero-order valence-electron chi connectivity index (χ0n) is 14.0. The SMILES string of the molecule is C#CCOc1c(Cl)cc(/C=N\NC(=O)Cc2ccc(Br)cc2)cc1OC. The first-order chi connectivity index (χ1) is 12.5. The maximum atomic E-state index is 11.9. The Morgan fingerprint density at radius 3 is 2.77 bits per heavy atom. The molecule has 0 aromatic heterocycles. The second kappa shape index (κ2) is 9.85. The number of hydrogen-bond acceptors (Lipinski definition) is 4. The fourth-order valence-corrected chi connectivity index (χ4v) is 2.61. The van der Waals surface area contributed by atoms with Gasteiger partial charge in [-0.05, 0) is 35.4 Å². The Hall–Kier alpha value is -2.49. The molecule has 0 saturated heterocycles. The highest BCUT2D eigenvalue weighted by Gasteiger charge is 2.11. The minimum Gasteiger partial charge on any atom is -0.493 e. The number of carbonyl (C=O) groups is 1. The lowest BCUT2D eigenvalue weighted by atomic mass is 10.1. The van der Waals surface area contributed by atoms with Crippen LogP contribution in [0.4, 0.5) is 0 Å². The van der Waals surface area contributed by atoms with Gasteiger partial charge in [-0.15, -0.1) is 6.42 Å². The number of ether oxygens (including phenoxy) is 2. The maximum absolute atomic E-state index is 11.9. The van der Waals surface area contributed by atoms with Crippen molar-refractivity contribution in [2.75, 3.05) is 13.7 Å². The molecule has 0 saturated carbocycles. The summed E-state index contributed by atoms with van der Waals surface area (Å²) in [6.45, 7) is 0.0790. The largest absolute Gasteiger partial charge is 0.493 e. The molecule has 0 bridgehead atoms. The van der Waals surface area contributed by atoms with Crippen molar-refractivity contribution < 1.29 is 14.3 Å². The van der Waals surface area contributed by atoms with Crippen molar-refractivity contribution in [3.63, 3.8) is 0 Å². The molecule has 134 valence electrons. The van der Waals surface area contributed by atoms with Crippen molar-refractivity contribution in [1.82, 2.24) is 5.43 Å². The van der Waals surface area contributed by atoms with Crippen LogP contribution in [0.25, 0.3) is 0 Å². The van der Waals surface area contributed by atoms with Gasteiger partial charge >= 0.3 is 0 Å². The van der Waals surface area contributed by atoms with E-state index in [9.17, 15) is 4.79 Å². The lowest BCUT2D eigenvalue weighted by Gasteiger charge is -2.11. The smallest absolute Gasteiger partial charge is 0.244 e. The molecule has 1 N–H and O–H groups in total. The average molecular weight is 436 g/mol. The summed E-state index contributed by atoms with van der Waals surface area (Å²) in [6, 6.07) is 10.8. The minimum absolute atomic E-state index is 0.0790. The Morgan fingerprint density at radius 2 is 2.12 bits per heavy atom. The summed E-state index contributed by atoms with van der Waals surface area (Å²) in [5.41, 5.74) is 4.01. The van der Waals surface area contributed by atoms with Gasteiger partial charge in [0.25, 0.3) is 0 Å². The Bertz CT molecular complexity index is 845. The van der Waals surface area contributed by atoms with Crippen LogP contribution in [0.2, 0.25) is 5.02 Å². The van der Waals surface area contributed by atoms with Crippen molar-refractivity contribution >= 4 is 39.7 Å². The molecule has 0 fully saturated rings. The van der Waals surface area contributed by atoms with Crippen molar-refractivity contribution in [1.29, 1.82) is 0 Å². The van der Waals surface area contributed by atoms with Gasteiger partial charge < -0.3 is 9.47 Å². The summed E-state index contributed by atoms with van der Waals surface area (Å²) in [7, 11) is 1.50. The normalized spacial score (nSPS) is 10.4. The predicted octanol–water partition coefficient (Wildman–Crippen LogP) is 3.82. The molecule has 0 unspecified atom stereocenters. The van der Waals surface area contributed by atoms with Crippen LogP contribution in [0.15, 0.2) is 46.0 Å². The van der Waals surface area contributed by atoms with Gasteiger partial charge in [0, 0.05) is 4.47 Å². The number of methoxy groups -OCH3 is 1. The summed E-state index contributed by atoms with van der Waals surface area (Å²) >= 11 is 9.54. The summed E-state index contributed by atoms with van der Waals surface area (Å²) in [6.07, 6.45) is 6.88. The topological polar surface area (TPSA) is 59.9 Å². The number of nitrogens with one attached hydrogen (secondary N) is 1. The van der Waals surface area contributed by atoms with E-state index in [1.807, 2.05) is 24.3 Å². The molecule has 0 aliphatic rings. The van der Waals surface area contributed by atoms with Crippen LogP contribution < -0.4 is 14.9 Å². The van der Waals surface area contributed by atoms with Gasteiger partial charge in [0.15, 0.2) is 11.5 Å². The Morgan fingerprint density at radius 1 is 1.38 bits per heavy atom. The van der Waals surface area contributed by atoms with Crippen LogP contribution in [0, 0.1) is 12.3 Å². The molecule has 2 aromatic rings. The molecular formula is C19H16BrClN2O3. The molecule has 5 nitrogen and oxygen atoms in total. The monoisotopic (exact) mass is 434 g/mol. The highest BCUT2D eigenvalue weighted by Crippen LogP contribution is 2.35. The third-order valence-electron chi connectivity index (χ3n) is 3.23. The number of nitrogens with zero attached hydrogens (tertiary/aromatic N) is 1. The fraction of sp³-hybridized carbons (Fsp3) is 0.158. The van der Waals surface area contributed by atoms with E-state index >= 15 is 0 Å². The van der Waals surface area contributed by atoms with Crippen LogP contribution in [-0.2, 0) is 11.2 Å². The number of amides is 1. The molecule has 1 amide bonds. The number of hydrogen-bond donors (Lipinski definition) is 1. The molecule has 0 radical (unpaired) electrons. The number of halogens is 2. The highest BCUT2D eigenvalue weighted by atomic mass is 79.9. The Kier molecular flexibility index (Phi) is 7.52. The first kappa shape index (κ1) is 19.8. The summed E-state index contributed by atoms with van der Waals surface area (Å²) in [5, 5.41) is 4.28. The van der Waals surface area contributed by atoms with Crippen LogP contribution in [0.1, 0.15) is 11.1 Å². The summed E-state index contributed by atoms with van der Waals surface area (Å²) in [4.78, 5) is 11.9. The first-order valence-corrected chi connectivity index (χ1v) is 8.70. The van der Waals surface area contributed by atoms with E-state index in [2.05, 4.69) is 32.4 Å². The molecule has 0 aliphatic carbocycles. The highest BCUT2D eigenvalue weighted by molar-refractivity contribution is 9.10. The van der Waals surface area contributed by atoms with E-state index in [0.29, 0.717) is 22.1 Å². The van der Waals surface area contributed by atoms with Gasteiger partial charge in [-0.3, -0.25) is 4.79 Å². The number of rotatable bonds is 7. The molecule has 7 heteroatoms. The molecule has 26 heavy (non-hydrogen) atoms. The van der Waals surface area contributed by atoms with E-state index in [1.54, 1.807) is 12.1 Å². The van der Waals surface area contributed by atoms with Crippen molar-refractivity contribution in [2.24, 2.45) is 5.10 Å². The van der Waals surface area contributed by atoms with Gasteiger partial charge in [-0.2, -0.15) is 5.10 Å². The third kappa shape index (κ3) is 5.80. The molecule has 0 atom stereocenters. The second-order valence-electron chi connectivity index (χ2n) is 5.12. The van der Waals surface area contributed by atoms with Gasteiger partial charge in [0.2, 0.25) is 5.91 Å². The van der Waals surface area contributed by atoms with E-state index < -0.39 is 0 Å². The van der Waals surface area contributed by atoms with Crippen molar-refractivity contribution in [3.05, 3.63) is 57.0 Å². The minimum atomic E-state index is -0.226. The van der Waals surface area contributed by atoms with Crippen molar-refractivity contribution in [3.8, 4) is 23.8 Å². The van der Waals surface area contributed by atoms with E-state index in [4.69, 9.17) is 27.5 Å². The third-order valence-corrected chi connectivity index (χ3v) is 4.04. The first-order valence-electron chi connectivity index (χ1n) is 7.53. The lowest BCUT2D eigenvalue weighted by Crippen LogP contribution is -2.19. The molecule has 0 spiro atoms. The van der Waals surface area contributed by atoms with Gasteiger partial charge in [-0.1, -0.05) is 45.6 Å². The van der Waals surface area contributed by atoms with Gasteiger partial charge in [-0.25, -0.2) is 5.43 Å². The number of carbonyl (C=O) groups excluding carboxylic acids is 1. The molecule has 0 heterocycles. The van der Waals surface area contributed by atoms with Crippen LogP contribution in [0.3, 0.4) is 0 Å². The number of benzene rings is 2. The van der Waals surface area contributed by atoms with Crippen LogP contribution >= 0.6 is 27.5 Å². The fourth-order valence-electron chi connectivity index (χ4n) is 2.07. The summed E-state index contributed by atoms with van der Waals surface area (Å²) < 4.78 is 11.6. The Labute approximate surface area is 165 Å². The molecule has 2 aromatic carbocycles. The van der Waals surface area contributed by atoms with E-state index in [0.717, 1.165) is 10.0 Å². The van der Waals surface area contributed by atoms with Gasteiger partial charge in [0.1, 0.15) is 6.61 Å². The van der Waals surface area contributed by atoms with Crippen molar-refractivity contribution in [2.45, 2.75) is 6.42 Å². The van der Waals surface area contributed by atoms with E-state index in [-0.39, 0.29) is 18.9 Å². The maximum Gasteiger partial charge on any atom is 0.244 e.